The predicted octanol–water partition coefficient (Wildman–Crippen LogP) is 5.26. The Bertz CT molecular complexity index is 953. The third-order valence-electron chi connectivity index (χ3n) is 4.26. The maximum absolute atomic E-state index is 13.7. The highest BCUT2D eigenvalue weighted by atomic mass is 32.2. The molecule has 1 unspecified atom stereocenters. The van der Waals surface area contributed by atoms with Gasteiger partial charge in [0.2, 0.25) is 0 Å². The summed E-state index contributed by atoms with van der Waals surface area (Å²) in [7, 11) is -1.91. The average molecular weight is 447 g/mol. The van der Waals surface area contributed by atoms with Crippen molar-refractivity contribution in [2.24, 2.45) is 0 Å². The first-order chi connectivity index (χ1) is 13.5. The van der Waals surface area contributed by atoms with E-state index in [0.29, 0.717) is 16.5 Å². The van der Waals surface area contributed by atoms with Crippen LogP contribution in [-0.4, -0.2) is 37.4 Å². The zero-order valence-corrected chi connectivity index (χ0v) is 19.1. The molecule has 0 fully saturated rings. The number of carbonyl (C=O) groups excluding carboxylic acids is 1. The highest BCUT2D eigenvalue weighted by Gasteiger charge is 2.42. The number of alkyl halides is 3. The molecule has 0 aliphatic rings. The third kappa shape index (κ3) is 6.07. The Kier molecular flexibility index (Phi) is 6.78. The van der Waals surface area contributed by atoms with Crippen molar-refractivity contribution in [2.45, 2.75) is 77.5 Å². The lowest BCUT2D eigenvalue weighted by Gasteiger charge is -2.25. The number of benzene rings is 1. The van der Waals surface area contributed by atoms with Crippen LogP contribution in [0.25, 0.3) is 10.9 Å². The summed E-state index contributed by atoms with van der Waals surface area (Å²) in [5.41, 5.74) is 0.876. The number of aryl methyl sites for hydroxylation is 1. The molecule has 0 aliphatic heterocycles. The van der Waals surface area contributed by atoms with E-state index in [9.17, 15) is 22.2 Å². The first-order valence-electron chi connectivity index (χ1n) is 9.58. The van der Waals surface area contributed by atoms with Gasteiger partial charge in [-0.1, -0.05) is 11.6 Å². The minimum Gasteiger partial charge on any atom is -0.443 e. The molecule has 0 spiro atoms. The SMILES string of the molecule is Cc1ccc2c(c1)c(C[C@@H](NS(=O)C(C)(C)C)C(F)(F)F)cn2C(=O)OC(C)(C)C. The van der Waals surface area contributed by atoms with E-state index >= 15 is 0 Å². The fraction of sp³-hybridized carbons (Fsp3) is 0.571. The third-order valence-corrected chi connectivity index (χ3v) is 5.87. The lowest BCUT2D eigenvalue weighted by molar-refractivity contribution is -0.150. The highest BCUT2D eigenvalue weighted by molar-refractivity contribution is 7.84. The number of rotatable bonds is 4. The van der Waals surface area contributed by atoms with Gasteiger partial charge in [0.15, 0.2) is 0 Å². The van der Waals surface area contributed by atoms with Gasteiger partial charge in [-0.15, -0.1) is 0 Å². The number of halogens is 3. The average Bonchev–Trinajstić information content (AvgIpc) is 2.88. The Balaban J connectivity index is 2.50. The topological polar surface area (TPSA) is 60.3 Å². The monoisotopic (exact) mass is 446 g/mol. The molecular weight excluding hydrogens is 417 g/mol. The van der Waals surface area contributed by atoms with Crippen molar-refractivity contribution in [3.05, 3.63) is 35.5 Å². The van der Waals surface area contributed by atoms with Crippen LogP contribution in [0.2, 0.25) is 0 Å². The van der Waals surface area contributed by atoms with Gasteiger partial charge in [-0.3, -0.25) is 4.57 Å². The van der Waals surface area contributed by atoms with Crippen LogP contribution in [-0.2, 0) is 22.1 Å². The normalized spacial score (nSPS) is 15.3. The molecule has 2 atom stereocenters. The van der Waals surface area contributed by atoms with E-state index in [1.54, 1.807) is 59.7 Å². The van der Waals surface area contributed by atoms with Crippen molar-refractivity contribution in [2.75, 3.05) is 0 Å². The van der Waals surface area contributed by atoms with Gasteiger partial charge in [-0.25, -0.2) is 13.7 Å². The molecular formula is C21H29F3N2O3S. The summed E-state index contributed by atoms with van der Waals surface area (Å²) in [5, 5.41) is 0.526. The maximum Gasteiger partial charge on any atom is 0.419 e. The van der Waals surface area contributed by atoms with Crippen LogP contribution in [0.3, 0.4) is 0 Å². The largest absolute Gasteiger partial charge is 0.443 e. The van der Waals surface area contributed by atoms with Gasteiger partial charge in [0.25, 0.3) is 0 Å². The van der Waals surface area contributed by atoms with E-state index in [2.05, 4.69) is 4.72 Å². The van der Waals surface area contributed by atoms with E-state index in [1.807, 2.05) is 6.92 Å². The fourth-order valence-electron chi connectivity index (χ4n) is 2.79. The number of aromatic nitrogens is 1. The van der Waals surface area contributed by atoms with Gasteiger partial charge in [-0.05, 0) is 72.6 Å². The van der Waals surface area contributed by atoms with Crippen LogP contribution >= 0.6 is 0 Å². The number of carbonyl (C=O) groups is 1. The fourth-order valence-corrected chi connectivity index (χ4v) is 3.62. The number of nitrogens with zero attached hydrogens (tertiary/aromatic N) is 1. The summed E-state index contributed by atoms with van der Waals surface area (Å²) in [6, 6.07) is 3.16. The van der Waals surface area contributed by atoms with E-state index in [4.69, 9.17) is 4.74 Å². The zero-order chi connectivity index (χ0) is 23.1. The molecule has 2 aromatic rings. The highest BCUT2D eigenvalue weighted by Crippen LogP contribution is 2.30. The van der Waals surface area contributed by atoms with E-state index < -0.39 is 46.1 Å². The van der Waals surface area contributed by atoms with Gasteiger partial charge in [0.05, 0.1) is 21.2 Å². The molecule has 0 radical (unpaired) electrons. The summed E-state index contributed by atoms with van der Waals surface area (Å²) in [5.74, 6) is 0. The smallest absolute Gasteiger partial charge is 0.419 e. The molecule has 0 amide bonds. The first-order valence-corrected chi connectivity index (χ1v) is 10.7. The molecule has 0 aliphatic carbocycles. The lowest BCUT2D eigenvalue weighted by atomic mass is 10.0. The number of hydrogen-bond acceptors (Lipinski definition) is 3. The maximum atomic E-state index is 13.7. The summed E-state index contributed by atoms with van der Waals surface area (Å²) >= 11 is 0. The quantitative estimate of drug-likeness (QED) is 0.697. The first kappa shape index (κ1) is 24.4. The van der Waals surface area contributed by atoms with Crippen LogP contribution < -0.4 is 4.72 Å². The van der Waals surface area contributed by atoms with Crippen LogP contribution in [0, 0.1) is 6.92 Å². The molecule has 1 N–H and O–H groups in total. The van der Waals surface area contributed by atoms with Crippen molar-refractivity contribution < 1.29 is 26.9 Å². The van der Waals surface area contributed by atoms with E-state index in [-0.39, 0.29) is 0 Å². The molecule has 0 bridgehead atoms. The van der Waals surface area contributed by atoms with Gasteiger partial charge in [0.1, 0.15) is 11.6 Å². The second-order valence-electron chi connectivity index (χ2n) is 9.32. The molecule has 1 aromatic carbocycles. The van der Waals surface area contributed by atoms with Crippen LogP contribution in [0.15, 0.2) is 24.4 Å². The standard InChI is InChI=1S/C21H29F3N2O3S/c1-13-8-9-16-15(10-13)14(12-26(16)18(27)29-19(2,3)4)11-17(21(22,23)24)25-30(28)20(5,6)7/h8-10,12,17,25H,11H2,1-7H3/t17-,30?/m1/s1. The van der Waals surface area contributed by atoms with Crippen molar-refractivity contribution in [3.8, 4) is 0 Å². The summed E-state index contributed by atoms with van der Waals surface area (Å²) < 4.78 is 61.5. The zero-order valence-electron chi connectivity index (χ0n) is 18.3. The molecule has 1 heterocycles. The number of nitrogens with one attached hydrogen (secondary N) is 1. The van der Waals surface area contributed by atoms with Crippen molar-refractivity contribution in [1.82, 2.24) is 9.29 Å². The molecule has 30 heavy (non-hydrogen) atoms. The Morgan fingerprint density at radius 2 is 1.77 bits per heavy atom. The van der Waals surface area contributed by atoms with E-state index in [0.717, 1.165) is 5.56 Å². The molecule has 0 saturated carbocycles. The Morgan fingerprint density at radius 3 is 2.27 bits per heavy atom. The molecule has 9 heteroatoms. The van der Waals surface area contributed by atoms with Crippen molar-refractivity contribution in [1.29, 1.82) is 0 Å². The van der Waals surface area contributed by atoms with E-state index in [1.165, 1.54) is 10.8 Å². The Morgan fingerprint density at radius 1 is 1.17 bits per heavy atom. The number of fused-ring (bicyclic) bond motifs is 1. The second-order valence-corrected chi connectivity index (χ2v) is 11.3. The van der Waals surface area contributed by atoms with Gasteiger partial charge in [-0.2, -0.15) is 13.2 Å². The lowest BCUT2D eigenvalue weighted by Crippen LogP contribution is -2.48. The molecule has 2 rings (SSSR count). The van der Waals surface area contributed by atoms with Crippen molar-refractivity contribution >= 4 is 28.0 Å². The molecule has 5 nitrogen and oxygen atoms in total. The molecule has 1 aromatic heterocycles. The van der Waals surface area contributed by atoms with Crippen LogP contribution in [0.4, 0.5) is 18.0 Å². The summed E-state index contributed by atoms with van der Waals surface area (Å²) in [4.78, 5) is 12.6. The Labute approximate surface area is 177 Å². The van der Waals surface area contributed by atoms with Gasteiger partial charge < -0.3 is 4.74 Å². The van der Waals surface area contributed by atoms with Crippen LogP contribution in [0.1, 0.15) is 52.7 Å². The number of ether oxygens (including phenoxy) is 1. The summed E-state index contributed by atoms with van der Waals surface area (Å²) in [6.45, 7) is 11.8. The minimum atomic E-state index is -4.62. The van der Waals surface area contributed by atoms with Crippen LogP contribution in [0.5, 0.6) is 0 Å². The van der Waals surface area contributed by atoms with Gasteiger partial charge in [0, 0.05) is 11.6 Å². The summed E-state index contributed by atoms with van der Waals surface area (Å²) in [6.07, 6.45) is -4.39. The second kappa shape index (κ2) is 8.34. The molecule has 0 saturated heterocycles. The molecule has 168 valence electrons. The van der Waals surface area contributed by atoms with Crippen molar-refractivity contribution in [3.63, 3.8) is 0 Å². The van der Waals surface area contributed by atoms with Gasteiger partial charge >= 0.3 is 12.3 Å². The predicted molar refractivity (Wildman–Crippen MR) is 113 cm³/mol. The minimum absolute atomic E-state index is 0.320. The number of hydrogen-bond donors (Lipinski definition) is 1. The Hall–Kier alpha value is -1.87.